The Hall–Kier alpha value is -1.33. The average molecular weight is 279 g/mol. The van der Waals surface area contributed by atoms with Gasteiger partial charge in [-0.15, -0.1) is 11.8 Å². The minimum atomic E-state index is -0.189. The maximum Gasteiger partial charge on any atom is 0.240 e. The van der Waals surface area contributed by atoms with E-state index in [1.54, 1.807) is 17.0 Å². The highest BCUT2D eigenvalue weighted by Gasteiger charge is 2.30. The summed E-state index contributed by atoms with van der Waals surface area (Å²) < 4.78 is 0. The summed E-state index contributed by atoms with van der Waals surface area (Å²) in [5.74, 6) is 0.0998. The molecule has 0 aromatic heterocycles. The van der Waals surface area contributed by atoms with E-state index in [2.05, 4.69) is 0 Å². The highest BCUT2D eigenvalue weighted by molar-refractivity contribution is 8.01. The average Bonchev–Trinajstić information content (AvgIpc) is 2.42. The van der Waals surface area contributed by atoms with Crippen molar-refractivity contribution in [3.8, 4) is 0 Å². The van der Waals surface area contributed by atoms with Crippen molar-refractivity contribution in [1.29, 1.82) is 0 Å². The molecule has 5 heteroatoms. The number of ketones is 1. The molecule has 0 fully saturated rings. The molecule has 1 atom stereocenters. The molecule has 2 rings (SSSR count). The number of thioether (sulfide) groups is 1. The van der Waals surface area contributed by atoms with E-state index < -0.39 is 0 Å². The molecular formula is C14H17NO3S. The lowest BCUT2D eigenvalue weighted by molar-refractivity contribution is -0.118. The molecule has 0 saturated carbocycles. The lowest BCUT2D eigenvalue weighted by Crippen LogP contribution is -2.41. The van der Waals surface area contributed by atoms with Crippen LogP contribution < -0.4 is 4.90 Å². The van der Waals surface area contributed by atoms with E-state index in [4.69, 9.17) is 5.11 Å². The summed E-state index contributed by atoms with van der Waals surface area (Å²) in [5, 5.41) is 8.89. The van der Waals surface area contributed by atoms with Crippen molar-refractivity contribution < 1.29 is 14.7 Å². The van der Waals surface area contributed by atoms with Crippen molar-refractivity contribution in [2.75, 3.05) is 18.1 Å². The topological polar surface area (TPSA) is 57.6 Å². The standard InChI is InChI=1S/C14H17NO3S/c1-3-12(17)10-4-5-11-13(8-10)19-9(2)14(18)15(11)6-7-16/h4-5,8-9,16H,3,6-7H2,1-2H3. The molecule has 1 aromatic carbocycles. The first-order valence-corrected chi connectivity index (χ1v) is 7.22. The lowest BCUT2D eigenvalue weighted by atomic mass is 10.1. The van der Waals surface area contributed by atoms with Crippen LogP contribution in [-0.4, -0.2) is 35.2 Å². The normalized spacial score (nSPS) is 18.4. The molecule has 1 heterocycles. The number of carbonyl (C=O) groups excluding carboxylic acids is 2. The maximum atomic E-state index is 12.1. The van der Waals surface area contributed by atoms with Gasteiger partial charge >= 0.3 is 0 Å². The van der Waals surface area contributed by atoms with Crippen LogP contribution in [0.2, 0.25) is 0 Å². The molecule has 0 radical (unpaired) electrons. The van der Waals surface area contributed by atoms with Gasteiger partial charge in [-0.05, 0) is 25.1 Å². The van der Waals surface area contributed by atoms with Gasteiger partial charge in [-0.2, -0.15) is 0 Å². The van der Waals surface area contributed by atoms with Crippen LogP contribution in [0.15, 0.2) is 23.1 Å². The Labute approximate surface area is 116 Å². The Morgan fingerprint density at radius 1 is 1.47 bits per heavy atom. The third-order valence-electron chi connectivity index (χ3n) is 3.13. The van der Waals surface area contributed by atoms with Crippen LogP contribution in [0.5, 0.6) is 0 Å². The Bertz CT molecular complexity index is 515. The Morgan fingerprint density at radius 3 is 2.84 bits per heavy atom. The first-order valence-electron chi connectivity index (χ1n) is 6.34. The van der Waals surface area contributed by atoms with Gasteiger partial charge in [0.15, 0.2) is 5.78 Å². The monoisotopic (exact) mass is 279 g/mol. The SMILES string of the molecule is CCC(=O)c1ccc2c(c1)SC(C)C(=O)N2CCO. The van der Waals surface area contributed by atoms with E-state index in [0.717, 1.165) is 10.6 Å². The predicted molar refractivity (Wildman–Crippen MR) is 75.8 cm³/mol. The molecule has 1 amide bonds. The van der Waals surface area contributed by atoms with Gasteiger partial charge in [-0.3, -0.25) is 9.59 Å². The van der Waals surface area contributed by atoms with E-state index >= 15 is 0 Å². The van der Waals surface area contributed by atoms with Gasteiger partial charge in [0.1, 0.15) is 0 Å². The Kier molecular flexibility index (Phi) is 4.27. The minimum Gasteiger partial charge on any atom is -0.395 e. The fraction of sp³-hybridized carbons (Fsp3) is 0.429. The van der Waals surface area contributed by atoms with E-state index in [1.807, 2.05) is 19.9 Å². The molecule has 1 unspecified atom stereocenters. The first-order chi connectivity index (χ1) is 9.08. The van der Waals surface area contributed by atoms with Gasteiger partial charge in [-0.1, -0.05) is 6.92 Å². The lowest BCUT2D eigenvalue weighted by Gasteiger charge is -2.32. The van der Waals surface area contributed by atoms with Gasteiger partial charge in [0.2, 0.25) is 5.91 Å². The Morgan fingerprint density at radius 2 is 2.21 bits per heavy atom. The largest absolute Gasteiger partial charge is 0.395 e. The van der Waals surface area contributed by atoms with Crippen molar-refractivity contribution >= 4 is 29.1 Å². The molecule has 1 aliphatic heterocycles. The zero-order valence-corrected chi connectivity index (χ0v) is 11.9. The number of benzene rings is 1. The van der Waals surface area contributed by atoms with Crippen LogP contribution in [0.4, 0.5) is 5.69 Å². The molecule has 0 bridgehead atoms. The van der Waals surface area contributed by atoms with Gasteiger partial charge < -0.3 is 10.0 Å². The van der Waals surface area contributed by atoms with E-state index in [-0.39, 0.29) is 30.1 Å². The van der Waals surface area contributed by atoms with E-state index in [1.165, 1.54) is 11.8 Å². The highest BCUT2D eigenvalue weighted by Crippen LogP contribution is 2.39. The summed E-state index contributed by atoms with van der Waals surface area (Å²) in [4.78, 5) is 26.3. The van der Waals surface area contributed by atoms with Gasteiger partial charge in [0.05, 0.1) is 17.5 Å². The van der Waals surface area contributed by atoms with Gasteiger partial charge in [0.25, 0.3) is 0 Å². The van der Waals surface area contributed by atoms with Crippen LogP contribution in [0.3, 0.4) is 0 Å². The zero-order chi connectivity index (χ0) is 14.0. The first kappa shape index (κ1) is 14.1. The summed E-state index contributed by atoms with van der Waals surface area (Å²) in [6, 6.07) is 5.39. The maximum absolute atomic E-state index is 12.1. The van der Waals surface area contributed by atoms with Crippen LogP contribution >= 0.6 is 11.8 Å². The fourth-order valence-electron chi connectivity index (χ4n) is 2.12. The van der Waals surface area contributed by atoms with Crippen molar-refractivity contribution in [3.05, 3.63) is 23.8 Å². The fourth-order valence-corrected chi connectivity index (χ4v) is 3.22. The number of rotatable bonds is 4. The number of fused-ring (bicyclic) bond motifs is 1. The number of carbonyl (C=O) groups is 2. The summed E-state index contributed by atoms with van der Waals surface area (Å²) >= 11 is 1.47. The molecule has 102 valence electrons. The summed E-state index contributed by atoms with van der Waals surface area (Å²) in [6.45, 7) is 3.89. The number of Topliss-reactive ketones (excluding diaryl/α,β-unsaturated/α-hetero) is 1. The molecule has 0 spiro atoms. The molecule has 0 saturated heterocycles. The number of amides is 1. The van der Waals surface area contributed by atoms with Crippen LogP contribution in [0, 0.1) is 0 Å². The van der Waals surface area contributed by atoms with Crippen molar-refractivity contribution in [3.63, 3.8) is 0 Å². The number of anilines is 1. The van der Waals surface area contributed by atoms with Crippen molar-refractivity contribution in [2.45, 2.75) is 30.4 Å². The van der Waals surface area contributed by atoms with Gasteiger partial charge in [0, 0.05) is 23.4 Å². The zero-order valence-electron chi connectivity index (χ0n) is 11.0. The minimum absolute atomic E-state index is 0.00104. The smallest absolute Gasteiger partial charge is 0.240 e. The molecule has 0 aliphatic carbocycles. The molecule has 1 aliphatic rings. The van der Waals surface area contributed by atoms with Crippen LogP contribution in [-0.2, 0) is 4.79 Å². The van der Waals surface area contributed by atoms with Gasteiger partial charge in [-0.25, -0.2) is 0 Å². The van der Waals surface area contributed by atoms with Crippen molar-refractivity contribution in [2.24, 2.45) is 0 Å². The molecular weight excluding hydrogens is 262 g/mol. The number of aliphatic hydroxyl groups is 1. The Balaban J connectivity index is 2.42. The summed E-state index contributed by atoms with van der Waals surface area (Å²) in [7, 11) is 0. The van der Waals surface area contributed by atoms with Crippen molar-refractivity contribution in [1.82, 2.24) is 0 Å². The third-order valence-corrected chi connectivity index (χ3v) is 4.27. The second-order valence-corrected chi connectivity index (χ2v) is 5.82. The third kappa shape index (κ3) is 2.67. The summed E-state index contributed by atoms with van der Waals surface area (Å²) in [6.07, 6.45) is 0.471. The second kappa shape index (κ2) is 5.75. The number of hydrogen-bond acceptors (Lipinski definition) is 4. The van der Waals surface area contributed by atoms with Crippen LogP contribution in [0.25, 0.3) is 0 Å². The number of nitrogens with zero attached hydrogens (tertiary/aromatic N) is 1. The van der Waals surface area contributed by atoms with E-state index in [9.17, 15) is 9.59 Å². The molecule has 4 nitrogen and oxygen atoms in total. The predicted octanol–water partition coefficient (Wildman–Crippen LogP) is 2.10. The number of hydrogen-bond donors (Lipinski definition) is 1. The second-order valence-electron chi connectivity index (χ2n) is 4.43. The van der Waals surface area contributed by atoms with Crippen LogP contribution in [0.1, 0.15) is 30.6 Å². The summed E-state index contributed by atoms with van der Waals surface area (Å²) in [5.41, 5.74) is 1.47. The highest BCUT2D eigenvalue weighted by atomic mass is 32.2. The quantitative estimate of drug-likeness (QED) is 0.858. The molecule has 1 aromatic rings. The molecule has 1 N–H and O–H groups in total. The number of aliphatic hydroxyl groups excluding tert-OH is 1. The van der Waals surface area contributed by atoms with E-state index in [0.29, 0.717) is 12.0 Å². The number of β-amino-alcohol motifs (C(OH)–C–C–N with tert-alkyl or cyclic N) is 1. The molecule has 19 heavy (non-hydrogen) atoms.